The van der Waals surface area contributed by atoms with Crippen molar-refractivity contribution in [2.24, 2.45) is 10.7 Å². The highest BCUT2D eigenvalue weighted by atomic mass is 35.5. The van der Waals surface area contributed by atoms with Crippen molar-refractivity contribution in [1.29, 1.82) is 0 Å². The lowest BCUT2D eigenvalue weighted by Gasteiger charge is -2.29. The van der Waals surface area contributed by atoms with E-state index in [1.54, 1.807) is 31.2 Å². The zero-order chi connectivity index (χ0) is 19.6. The van der Waals surface area contributed by atoms with E-state index < -0.39 is 18.1 Å². The zero-order valence-electron chi connectivity index (χ0n) is 14.2. The number of allylic oxidation sites excluding steroid dienone is 1. The minimum absolute atomic E-state index is 0.163. The first-order valence-electron chi connectivity index (χ1n) is 7.84. The highest BCUT2D eigenvalue weighted by Gasteiger charge is 2.36. The Balaban J connectivity index is 1.96. The van der Waals surface area contributed by atoms with Crippen LogP contribution in [0.4, 0.5) is 10.1 Å². The van der Waals surface area contributed by atoms with Crippen LogP contribution >= 0.6 is 23.2 Å². The molecule has 2 heterocycles. The van der Waals surface area contributed by atoms with Gasteiger partial charge in [0.15, 0.2) is 0 Å². The van der Waals surface area contributed by atoms with Crippen LogP contribution in [0.25, 0.3) is 0 Å². The predicted molar refractivity (Wildman–Crippen MR) is 103 cm³/mol. The Morgan fingerprint density at radius 2 is 2.11 bits per heavy atom. The average molecular weight is 409 g/mol. The largest absolute Gasteiger partial charge is 0.431 e. The third-order valence-electron chi connectivity index (χ3n) is 3.87. The minimum atomic E-state index is -1.43. The summed E-state index contributed by atoms with van der Waals surface area (Å²) in [6, 6.07) is 7.57. The maximum Gasteiger partial charge on any atom is 0.288 e. The van der Waals surface area contributed by atoms with Gasteiger partial charge in [-0.3, -0.25) is 4.79 Å². The lowest BCUT2D eigenvalue weighted by molar-refractivity contribution is 0.102. The molecule has 1 aliphatic rings. The molecule has 1 aromatic heterocycles. The van der Waals surface area contributed by atoms with Gasteiger partial charge in [-0.1, -0.05) is 23.2 Å². The van der Waals surface area contributed by atoms with Gasteiger partial charge in [-0.25, -0.2) is 14.4 Å². The van der Waals surface area contributed by atoms with Crippen LogP contribution < -0.4 is 11.1 Å². The van der Waals surface area contributed by atoms with E-state index in [0.717, 1.165) is 0 Å². The normalized spacial score (nSPS) is 19.0. The fourth-order valence-corrected chi connectivity index (χ4v) is 3.09. The van der Waals surface area contributed by atoms with E-state index in [4.69, 9.17) is 33.7 Å². The van der Waals surface area contributed by atoms with E-state index in [1.807, 2.05) is 0 Å². The summed E-state index contributed by atoms with van der Waals surface area (Å²) in [5.41, 5.74) is 5.16. The topological polar surface area (TPSA) is 89.6 Å². The summed E-state index contributed by atoms with van der Waals surface area (Å²) in [6.45, 7) is 0.752. The van der Waals surface area contributed by atoms with Crippen LogP contribution in [-0.2, 0) is 10.3 Å². The molecule has 0 spiro atoms. The molecule has 27 heavy (non-hydrogen) atoms. The second-order valence-corrected chi connectivity index (χ2v) is 6.72. The third-order valence-corrected chi connectivity index (χ3v) is 4.42. The monoisotopic (exact) mass is 408 g/mol. The molecule has 1 amide bonds. The molecule has 6 nitrogen and oxygen atoms in total. The Bertz CT molecular complexity index is 927. The maximum absolute atomic E-state index is 14.0. The van der Waals surface area contributed by atoms with Crippen molar-refractivity contribution in [2.45, 2.75) is 12.5 Å². The predicted octanol–water partition coefficient (Wildman–Crippen LogP) is 4.05. The molecule has 1 aromatic carbocycles. The summed E-state index contributed by atoms with van der Waals surface area (Å²) in [7, 11) is 0. The fraction of sp³-hybridized carbons (Fsp3) is 0.167. The van der Waals surface area contributed by atoms with Gasteiger partial charge in [0.25, 0.3) is 11.9 Å². The molecule has 1 atom stereocenters. The molecule has 0 aliphatic carbocycles. The van der Waals surface area contributed by atoms with Crippen LogP contribution in [0, 0.1) is 0 Å². The first-order chi connectivity index (χ1) is 12.8. The smallest absolute Gasteiger partial charge is 0.288 e. The van der Waals surface area contributed by atoms with Crippen molar-refractivity contribution in [3.63, 3.8) is 0 Å². The quantitative estimate of drug-likeness (QED) is 0.797. The summed E-state index contributed by atoms with van der Waals surface area (Å²) in [5.74, 6) is -0.0491. The number of alkyl halides is 1. The van der Waals surface area contributed by atoms with Gasteiger partial charge >= 0.3 is 0 Å². The van der Waals surface area contributed by atoms with Crippen LogP contribution in [0.15, 0.2) is 53.4 Å². The Kier molecular flexibility index (Phi) is 5.34. The molecule has 0 saturated heterocycles. The number of aromatic nitrogens is 1. The van der Waals surface area contributed by atoms with Crippen LogP contribution in [-0.4, -0.2) is 23.6 Å². The van der Waals surface area contributed by atoms with Crippen LogP contribution in [0.1, 0.15) is 23.0 Å². The third kappa shape index (κ3) is 4.04. The summed E-state index contributed by atoms with van der Waals surface area (Å²) in [4.78, 5) is 20.4. The molecule has 0 fully saturated rings. The first-order valence-corrected chi connectivity index (χ1v) is 8.60. The van der Waals surface area contributed by atoms with Crippen molar-refractivity contribution in [3.05, 3.63) is 69.7 Å². The number of halogens is 3. The lowest BCUT2D eigenvalue weighted by Crippen LogP contribution is -2.33. The van der Waals surface area contributed by atoms with Gasteiger partial charge in [0.05, 0.1) is 5.02 Å². The Hall–Kier alpha value is -2.64. The van der Waals surface area contributed by atoms with Crippen molar-refractivity contribution in [1.82, 2.24) is 4.98 Å². The summed E-state index contributed by atoms with van der Waals surface area (Å²) in [5, 5.41) is 3.39. The number of amides is 1. The van der Waals surface area contributed by atoms with Crippen LogP contribution in [0.5, 0.6) is 0 Å². The number of benzene rings is 1. The maximum atomic E-state index is 14.0. The number of hydrogen-bond donors (Lipinski definition) is 2. The number of amidine groups is 1. The van der Waals surface area contributed by atoms with Crippen LogP contribution in [0.2, 0.25) is 10.0 Å². The van der Waals surface area contributed by atoms with Crippen molar-refractivity contribution in [2.75, 3.05) is 12.0 Å². The van der Waals surface area contributed by atoms with Gasteiger partial charge in [0, 0.05) is 22.5 Å². The number of ether oxygens (including phenoxy) is 1. The molecule has 2 aromatic rings. The summed E-state index contributed by atoms with van der Waals surface area (Å²) >= 11 is 12.1. The van der Waals surface area contributed by atoms with Gasteiger partial charge in [-0.2, -0.15) is 0 Å². The molecular formula is C18H15Cl2FN4O2. The van der Waals surface area contributed by atoms with E-state index in [-0.39, 0.29) is 16.7 Å². The van der Waals surface area contributed by atoms with Gasteiger partial charge in [-0.15, -0.1) is 0 Å². The number of nitrogens with zero attached hydrogens (tertiary/aromatic N) is 2. The highest BCUT2D eigenvalue weighted by molar-refractivity contribution is 6.31. The van der Waals surface area contributed by atoms with E-state index in [9.17, 15) is 9.18 Å². The second-order valence-electron chi connectivity index (χ2n) is 5.88. The van der Waals surface area contributed by atoms with Crippen molar-refractivity contribution in [3.8, 4) is 0 Å². The molecule has 140 valence electrons. The highest BCUT2D eigenvalue weighted by Crippen LogP contribution is 2.38. The van der Waals surface area contributed by atoms with E-state index >= 15 is 0 Å². The van der Waals surface area contributed by atoms with E-state index in [2.05, 4.69) is 15.3 Å². The molecule has 0 bridgehead atoms. The van der Waals surface area contributed by atoms with Crippen molar-refractivity contribution < 1.29 is 13.9 Å². The van der Waals surface area contributed by atoms with Gasteiger partial charge in [0.1, 0.15) is 23.7 Å². The Labute approximate surface area is 164 Å². The molecule has 0 saturated carbocycles. The second kappa shape index (κ2) is 7.54. The molecule has 1 aliphatic heterocycles. The number of anilines is 1. The fourth-order valence-electron chi connectivity index (χ4n) is 2.70. The van der Waals surface area contributed by atoms with Gasteiger partial charge in [-0.05, 0) is 43.3 Å². The zero-order valence-corrected chi connectivity index (χ0v) is 15.7. The number of hydrogen-bond acceptors (Lipinski definition) is 5. The molecule has 3 N–H and O–H groups in total. The van der Waals surface area contributed by atoms with Gasteiger partial charge < -0.3 is 15.8 Å². The van der Waals surface area contributed by atoms with E-state index in [0.29, 0.717) is 22.0 Å². The molecule has 0 radical (unpaired) electrons. The first kappa shape index (κ1) is 19.1. The SMILES string of the molecule is CC1=CC(CF)(c2cc(NC(=O)c3ccc(Cl)cn3)ccc2Cl)N=C(N)O1. The number of nitrogens with two attached hydrogens (primary N) is 1. The number of carbonyl (C=O) groups excluding carboxylic acids is 1. The van der Waals surface area contributed by atoms with Gasteiger partial charge in [0.2, 0.25) is 0 Å². The number of aliphatic imine (C=N–C) groups is 1. The standard InChI is InChI=1S/C18H15Cl2FN4O2/c1-10-7-18(9-21,25-17(22)27-10)13-6-12(3-4-14(13)20)24-16(26)15-5-2-11(19)8-23-15/h2-8H,9H2,1H3,(H2,22,25)(H,24,26). The summed E-state index contributed by atoms with van der Waals surface area (Å²) < 4.78 is 19.2. The lowest BCUT2D eigenvalue weighted by atomic mass is 9.90. The molecule has 3 rings (SSSR count). The van der Waals surface area contributed by atoms with Crippen molar-refractivity contribution >= 4 is 40.8 Å². The van der Waals surface area contributed by atoms with Crippen LogP contribution in [0.3, 0.4) is 0 Å². The average Bonchev–Trinajstić information content (AvgIpc) is 2.62. The summed E-state index contributed by atoms with van der Waals surface area (Å²) in [6.07, 6.45) is 2.87. The minimum Gasteiger partial charge on any atom is -0.431 e. The van der Waals surface area contributed by atoms with E-state index in [1.165, 1.54) is 18.3 Å². The molecule has 9 heteroatoms. The number of nitrogens with one attached hydrogen (secondary N) is 1. The molecule has 1 unspecified atom stereocenters. The Morgan fingerprint density at radius 1 is 1.33 bits per heavy atom. The number of pyridine rings is 1. The molecular weight excluding hydrogens is 394 g/mol. The Morgan fingerprint density at radius 3 is 2.74 bits per heavy atom. The number of rotatable bonds is 4. The number of carbonyl (C=O) groups is 1.